The third-order valence-electron chi connectivity index (χ3n) is 6.88. The van der Waals surface area contributed by atoms with E-state index in [0.717, 1.165) is 19.3 Å². The van der Waals surface area contributed by atoms with E-state index in [1.165, 1.54) is 32.4 Å². The monoisotopic (exact) mass is 428 g/mol. The Morgan fingerprint density at radius 1 is 1.00 bits per heavy atom. The summed E-state index contributed by atoms with van der Waals surface area (Å²) in [7, 11) is 1.25. The summed E-state index contributed by atoms with van der Waals surface area (Å²) in [5.41, 5.74) is 0.141. The molecular weight excluding hydrogens is 400 g/mol. The topological polar surface area (TPSA) is 111 Å². The lowest BCUT2D eigenvalue weighted by atomic mass is 9.49. The molecule has 4 fully saturated rings. The molecule has 4 bridgehead atoms. The molecule has 0 aliphatic heterocycles. The van der Waals surface area contributed by atoms with Crippen molar-refractivity contribution in [3.05, 3.63) is 29.8 Å². The zero-order valence-electron chi connectivity index (χ0n) is 17.6. The smallest absolute Gasteiger partial charge is 0.339 e. The fourth-order valence-corrected chi connectivity index (χ4v) is 5.99. The number of anilines is 1. The Labute approximate surface area is 181 Å². The number of amides is 2. The molecule has 0 unspecified atom stereocenters. The van der Waals surface area contributed by atoms with Gasteiger partial charge in [0.15, 0.2) is 6.61 Å². The highest BCUT2D eigenvalue weighted by atomic mass is 16.5. The zero-order chi connectivity index (χ0) is 22.0. The van der Waals surface area contributed by atoms with Crippen LogP contribution in [0.3, 0.4) is 0 Å². The molecule has 0 atom stereocenters. The van der Waals surface area contributed by atoms with Crippen LogP contribution < -0.4 is 10.6 Å². The van der Waals surface area contributed by atoms with E-state index < -0.39 is 24.5 Å². The number of ether oxygens (including phenoxy) is 2. The van der Waals surface area contributed by atoms with Gasteiger partial charge in [-0.05, 0) is 68.4 Å². The third-order valence-corrected chi connectivity index (χ3v) is 6.88. The van der Waals surface area contributed by atoms with E-state index in [0.29, 0.717) is 17.8 Å². The Bertz CT molecular complexity index is 861. The zero-order valence-corrected chi connectivity index (χ0v) is 17.6. The number of methoxy groups -OCH3 is 1. The fraction of sp³-hybridized carbons (Fsp3) is 0.565. The Morgan fingerprint density at radius 2 is 1.61 bits per heavy atom. The highest BCUT2D eigenvalue weighted by Crippen LogP contribution is 2.60. The molecule has 1 aromatic carbocycles. The fourth-order valence-electron chi connectivity index (χ4n) is 5.99. The molecule has 8 heteroatoms. The van der Waals surface area contributed by atoms with E-state index >= 15 is 0 Å². The van der Waals surface area contributed by atoms with Gasteiger partial charge in [-0.25, -0.2) is 4.79 Å². The molecule has 0 aromatic heterocycles. The second-order valence-corrected chi connectivity index (χ2v) is 9.13. The van der Waals surface area contributed by atoms with Crippen molar-refractivity contribution in [2.24, 2.45) is 23.2 Å². The van der Waals surface area contributed by atoms with Gasteiger partial charge in [0, 0.05) is 5.41 Å². The van der Waals surface area contributed by atoms with Crippen LogP contribution in [0.1, 0.15) is 48.9 Å². The number of rotatable bonds is 7. The Morgan fingerprint density at radius 3 is 2.23 bits per heavy atom. The molecule has 31 heavy (non-hydrogen) atoms. The average Bonchev–Trinajstić information content (AvgIpc) is 2.75. The molecule has 4 aliphatic rings. The maximum atomic E-state index is 12.9. The molecule has 5 rings (SSSR count). The van der Waals surface area contributed by atoms with Gasteiger partial charge < -0.3 is 20.1 Å². The van der Waals surface area contributed by atoms with Crippen molar-refractivity contribution in [3.63, 3.8) is 0 Å². The lowest BCUT2D eigenvalue weighted by Gasteiger charge is -2.55. The van der Waals surface area contributed by atoms with Crippen molar-refractivity contribution < 1.29 is 28.7 Å². The Kier molecular flexibility index (Phi) is 5.98. The van der Waals surface area contributed by atoms with E-state index in [1.807, 2.05) is 0 Å². The molecule has 166 valence electrons. The van der Waals surface area contributed by atoms with Crippen molar-refractivity contribution in [3.8, 4) is 0 Å². The third kappa shape index (κ3) is 4.57. The highest BCUT2D eigenvalue weighted by Gasteiger charge is 2.54. The van der Waals surface area contributed by atoms with Gasteiger partial charge >= 0.3 is 11.9 Å². The van der Waals surface area contributed by atoms with Crippen LogP contribution in [-0.4, -0.2) is 44.0 Å². The maximum absolute atomic E-state index is 12.9. The summed E-state index contributed by atoms with van der Waals surface area (Å²) < 4.78 is 9.67. The van der Waals surface area contributed by atoms with Crippen LogP contribution >= 0.6 is 0 Å². The summed E-state index contributed by atoms with van der Waals surface area (Å²) >= 11 is 0. The first-order chi connectivity index (χ1) is 14.9. The van der Waals surface area contributed by atoms with Crippen LogP contribution in [0.5, 0.6) is 0 Å². The van der Waals surface area contributed by atoms with Crippen molar-refractivity contribution in [1.29, 1.82) is 0 Å². The van der Waals surface area contributed by atoms with Crippen LogP contribution in [0.15, 0.2) is 24.3 Å². The lowest BCUT2D eigenvalue weighted by molar-refractivity contribution is -0.152. The molecule has 1 aromatic rings. The minimum absolute atomic E-state index is 0.0555. The van der Waals surface area contributed by atoms with Crippen molar-refractivity contribution in [1.82, 2.24) is 5.32 Å². The van der Waals surface area contributed by atoms with Gasteiger partial charge in [0.25, 0.3) is 5.91 Å². The first-order valence-electron chi connectivity index (χ1n) is 10.8. The summed E-state index contributed by atoms with van der Waals surface area (Å²) in [5.74, 6) is 0.0217. The number of hydrogen-bond acceptors (Lipinski definition) is 6. The van der Waals surface area contributed by atoms with Gasteiger partial charge in [0.2, 0.25) is 5.91 Å². The summed E-state index contributed by atoms with van der Waals surface area (Å²) in [6, 6.07) is 6.38. The standard InChI is InChI=1S/C23H28N2O6/c1-30-21(28)17-4-2-3-5-18(17)25-19(26)13-31-20(27)12-24-22(29)23-9-14-6-15(10-23)8-16(7-14)11-23/h2-5,14-16H,6-13H2,1H3,(H,24,29)(H,25,26). The maximum Gasteiger partial charge on any atom is 0.339 e. The molecule has 4 aliphatic carbocycles. The van der Waals surface area contributed by atoms with Crippen molar-refractivity contribution in [2.45, 2.75) is 38.5 Å². The van der Waals surface area contributed by atoms with Gasteiger partial charge in [-0.2, -0.15) is 0 Å². The van der Waals surface area contributed by atoms with Gasteiger partial charge in [-0.3, -0.25) is 14.4 Å². The first kappa shape index (κ1) is 21.3. The van der Waals surface area contributed by atoms with Crippen LogP contribution in [0, 0.1) is 23.2 Å². The Hall–Kier alpha value is -2.90. The van der Waals surface area contributed by atoms with Gasteiger partial charge in [0.1, 0.15) is 6.54 Å². The van der Waals surface area contributed by atoms with Gasteiger partial charge in [0.05, 0.1) is 18.4 Å². The molecule has 0 heterocycles. The second kappa shape index (κ2) is 8.69. The summed E-state index contributed by atoms with van der Waals surface area (Å²) in [5, 5.41) is 5.27. The molecule has 0 saturated heterocycles. The Balaban J connectivity index is 1.23. The largest absolute Gasteiger partial charge is 0.465 e. The van der Waals surface area contributed by atoms with Crippen LogP contribution in [-0.2, 0) is 23.9 Å². The van der Waals surface area contributed by atoms with E-state index in [-0.39, 0.29) is 29.1 Å². The van der Waals surface area contributed by atoms with Crippen LogP contribution in [0.4, 0.5) is 5.69 Å². The summed E-state index contributed by atoms with van der Waals surface area (Å²) in [6.07, 6.45) is 6.47. The summed E-state index contributed by atoms with van der Waals surface area (Å²) in [6.45, 7) is -0.770. The lowest BCUT2D eigenvalue weighted by Crippen LogP contribution is -2.54. The molecule has 2 N–H and O–H groups in total. The molecule has 4 saturated carbocycles. The summed E-state index contributed by atoms with van der Waals surface area (Å²) in [4.78, 5) is 48.8. The van der Waals surface area contributed by atoms with E-state index in [1.54, 1.807) is 18.2 Å². The number of hydrogen-bond donors (Lipinski definition) is 2. The van der Waals surface area contributed by atoms with Crippen molar-refractivity contribution >= 4 is 29.4 Å². The van der Waals surface area contributed by atoms with Gasteiger partial charge in [-0.15, -0.1) is 0 Å². The molecule has 2 amide bonds. The quantitative estimate of drug-likeness (QED) is 0.645. The average molecular weight is 428 g/mol. The number of nitrogens with one attached hydrogen (secondary N) is 2. The number of carbonyl (C=O) groups excluding carboxylic acids is 4. The number of esters is 2. The van der Waals surface area contributed by atoms with E-state index in [2.05, 4.69) is 15.4 Å². The first-order valence-corrected chi connectivity index (χ1v) is 10.8. The van der Waals surface area contributed by atoms with Gasteiger partial charge in [-0.1, -0.05) is 12.1 Å². The second-order valence-electron chi connectivity index (χ2n) is 9.13. The number of para-hydroxylation sites is 1. The van der Waals surface area contributed by atoms with Crippen molar-refractivity contribution in [2.75, 3.05) is 25.6 Å². The van der Waals surface area contributed by atoms with Crippen LogP contribution in [0.25, 0.3) is 0 Å². The number of benzene rings is 1. The van der Waals surface area contributed by atoms with E-state index in [9.17, 15) is 19.2 Å². The SMILES string of the molecule is COC(=O)c1ccccc1NC(=O)COC(=O)CNC(=O)C12CC3CC(CC(C3)C1)C2. The predicted molar refractivity (Wildman–Crippen MR) is 111 cm³/mol. The van der Waals surface area contributed by atoms with E-state index in [4.69, 9.17) is 4.74 Å². The van der Waals surface area contributed by atoms with Crippen LogP contribution in [0.2, 0.25) is 0 Å². The molecule has 0 radical (unpaired) electrons. The molecular formula is C23H28N2O6. The molecule has 0 spiro atoms. The normalized spacial score (nSPS) is 28.0. The minimum Gasteiger partial charge on any atom is -0.465 e. The predicted octanol–water partition coefficient (Wildman–Crippen LogP) is 2.29. The highest BCUT2D eigenvalue weighted by molar-refractivity contribution is 6.01. The minimum atomic E-state index is -0.672. The number of carbonyl (C=O) groups is 4. The molecule has 8 nitrogen and oxygen atoms in total.